The number of ether oxygens (including phenoxy) is 1. The largest absolute Gasteiger partial charge is 0.492 e. The Kier molecular flexibility index (Phi) is 7.55. The first-order valence-electron chi connectivity index (χ1n) is 7.33. The summed E-state index contributed by atoms with van der Waals surface area (Å²) in [7, 11) is 0. The van der Waals surface area contributed by atoms with Crippen LogP contribution in [0.2, 0.25) is 0 Å². The van der Waals surface area contributed by atoms with Gasteiger partial charge in [-0.25, -0.2) is 0 Å². The van der Waals surface area contributed by atoms with Gasteiger partial charge in [0.1, 0.15) is 12.4 Å². The van der Waals surface area contributed by atoms with Gasteiger partial charge in [0, 0.05) is 13.1 Å². The number of rotatable bonds is 7. The van der Waals surface area contributed by atoms with E-state index >= 15 is 0 Å². The van der Waals surface area contributed by atoms with E-state index in [4.69, 9.17) is 4.74 Å². The van der Waals surface area contributed by atoms with Gasteiger partial charge in [0.05, 0.1) is 6.54 Å². The molecule has 1 aromatic carbocycles. The van der Waals surface area contributed by atoms with Crippen LogP contribution >= 0.6 is 0 Å². The molecule has 0 aliphatic carbocycles. The lowest BCUT2D eigenvalue weighted by Gasteiger charge is -2.12. The van der Waals surface area contributed by atoms with Gasteiger partial charge < -0.3 is 15.4 Å². The maximum atomic E-state index is 5.67. The van der Waals surface area contributed by atoms with E-state index < -0.39 is 0 Å². The Balaban J connectivity index is 2.29. The monoisotopic (exact) mass is 277 g/mol. The summed E-state index contributed by atoms with van der Waals surface area (Å²) in [6.07, 6.45) is 0. The van der Waals surface area contributed by atoms with Gasteiger partial charge in [-0.3, -0.25) is 4.99 Å². The van der Waals surface area contributed by atoms with Crippen molar-refractivity contribution in [1.82, 2.24) is 10.6 Å². The molecule has 2 N–H and O–H groups in total. The Hall–Kier alpha value is -1.71. The molecule has 0 unspecified atom stereocenters. The first kappa shape index (κ1) is 16.3. The van der Waals surface area contributed by atoms with Crippen LogP contribution in [0.15, 0.2) is 29.3 Å². The van der Waals surface area contributed by atoms with E-state index in [0.717, 1.165) is 31.3 Å². The van der Waals surface area contributed by atoms with Crippen molar-refractivity contribution in [2.24, 2.45) is 10.9 Å². The fraction of sp³-hybridized carbons (Fsp3) is 0.562. The summed E-state index contributed by atoms with van der Waals surface area (Å²) < 4.78 is 5.67. The van der Waals surface area contributed by atoms with E-state index in [1.54, 1.807) is 0 Å². The molecule has 0 aliphatic rings. The van der Waals surface area contributed by atoms with Crippen molar-refractivity contribution in [3.05, 3.63) is 29.8 Å². The second-order valence-electron chi connectivity index (χ2n) is 5.20. The number of benzene rings is 1. The minimum absolute atomic E-state index is 0.564. The average Bonchev–Trinajstić information content (AvgIpc) is 2.42. The Morgan fingerprint density at radius 3 is 2.50 bits per heavy atom. The van der Waals surface area contributed by atoms with E-state index in [2.05, 4.69) is 55.5 Å². The van der Waals surface area contributed by atoms with Crippen LogP contribution in [0.1, 0.15) is 26.3 Å². The first-order valence-corrected chi connectivity index (χ1v) is 7.33. The molecule has 0 spiro atoms. The minimum Gasteiger partial charge on any atom is -0.492 e. The van der Waals surface area contributed by atoms with Gasteiger partial charge in [-0.15, -0.1) is 0 Å². The molecular formula is C16H27N3O. The van der Waals surface area contributed by atoms with E-state index in [-0.39, 0.29) is 0 Å². The summed E-state index contributed by atoms with van der Waals surface area (Å²) in [6.45, 7) is 11.5. The predicted molar refractivity (Wildman–Crippen MR) is 85.5 cm³/mol. The highest BCUT2D eigenvalue weighted by atomic mass is 16.5. The molecule has 0 saturated carbocycles. The third-order valence-electron chi connectivity index (χ3n) is 2.64. The van der Waals surface area contributed by atoms with Crippen molar-refractivity contribution in [2.75, 3.05) is 26.2 Å². The number of nitrogens with one attached hydrogen (secondary N) is 2. The van der Waals surface area contributed by atoms with Crippen molar-refractivity contribution in [3.8, 4) is 5.75 Å². The molecule has 0 bridgehead atoms. The van der Waals surface area contributed by atoms with Gasteiger partial charge in [-0.05, 0) is 31.9 Å². The third-order valence-corrected chi connectivity index (χ3v) is 2.64. The smallest absolute Gasteiger partial charge is 0.191 e. The van der Waals surface area contributed by atoms with Gasteiger partial charge in [-0.1, -0.05) is 31.5 Å². The molecule has 0 saturated heterocycles. The summed E-state index contributed by atoms with van der Waals surface area (Å²) in [5, 5.41) is 6.50. The van der Waals surface area contributed by atoms with Crippen molar-refractivity contribution in [1.29, 1.82) is 0 Å². The Bertz CT molecular complexity index is 399. The Labute approximate surface area is 122 Å². The molecule has 0 heterocycles. The molecule has 1 aromatic rings. The zero-order valence-electron chi connectivity index (χ0n) is 13.1. The number of hydrogen-bond acceptors (Lipinski definition) is 2. The van der Waals surface area contributed by atoms with Crippen LogP contribution < -0.4 is 15.4 Å². The lowest BCUT2D eigenvalue weighted by atomic mass is 10.2. The molecule has 0 atom stereocenters. The number of aliphatic imine (C=N–C) groups is 1. The highest BCUT2D eigenvalue weighted by Gasteiger charge is 1.98. The van der Waals surface area contributed by atoms with Crippen LogP contribution in [0.3, 0.4) is 0 Å². The third kappa shape index (κ3) is 7.02. The predicted octanol–water partition coefficient (Wildman–Crippen LogP) is 2.58. The summed E-state index contributed by atoms with van der Waals surface area (Å²) >= 11 is 0. The van der Waals surface area contributed by atoms with Crippen molar-refractivity contribution in [2.45, 2.75) is 27.7 Å². The van der Waals surface area contributed by atoms with Gasteiger partial charge in [0.15, 0.2) is 5.96 Å². The molecule has 1 rings (SSSR count). The topological polar surface area (TPSA) is 45.7 Å². The van der Waals surface area contributed by atoms with Gasteiger partial charge >= 0.3 is 0 Å². The van der Waals surface area contributed by atoms with Crippen molar-refractivity contribution < 1.29 is 4.74 Å². The zero-order valence-corrected chi connectivity index (χ0v) is 13.1. The number of nitrogens with zero attached hydrogens (tertiary/aromatic N) is 1. The van der Waals surface area contributed by atoms with E-state index in [1.165, 1.54) is 5.56 Å². The number of hydrogen-bond donors (Lipinski definition) is 2. The highest BCUT2D eigenvalue weighted by Crippen LogP contribution is 2.10. The van der Waals surface area contributed by atoms with E-state index in [0.29, 0.717) is 12.5 Å². The molecule has 0 aliphatic heterocycles. The number of aryl methyl sites for hydroxylation is 1. The molecule has 112 valence electrons. The molecule has 4 nitrogen and oxygen atoms in total. The standard InChI is InChI=1S/C16H27N3O/c1-5-17-16(19-12-13(2)3)18-10-11-20-15-8-6-14(4)7-9-15/h6-9,13H,5,10-12H2,1-4H3,(H2,17,18,19). The first-order chi connectivity index (χ1) is 9.61. The number of guanidine groups is 1. The lowest BCUT2D eigenvalue weighted by Crippen LogP contribution is -2.39. The second kappa shape index (κ2) is 9.23. The summed E-state index contributed by atoms with van der Waals surface area (Å²) in [4.78, 5) is 4.51. The van der Waals surface area contributed by atoms with Crippen LogP contribution in [0.5, 0.6) is 5.75 Å². The summed E-state index contributed by atoms with van der Waals surface area (Å²) in [5.41, 5.74) is 1.24. The Morgan fingerprint density at radius 1 is 1.20 bits per heavy atom. The quantitative estimate of drug-likeness (QED) is 0.457. The summed E-state index contributed by atoms with van der Waals surface area (Å²) in [6, 6.07) is 8.09. The van der Waals surface area contributed by atoms with Crippen LogP contribution in [0.25, 0.3) is 0 Å². The maximum Gasteiger partial charge on any atom is 0.191 e. The van der Waals surface area contributed by atoms with Crippen LogP contribution in [-0.2, 0) is 0 Å². The molecule has 0 aromatic heterocycles. The minimum atomic E-state index is 0.564. The lowest BCUT2D eigenvalue weighted by molar-refractivity contribution is 0.322. The van der Waals surface area contributed by atoms with Crippen LogP contribution in [-0.4, -0.2) is 32.2 Å². The SMILES string of the molecule is CCNC(=NCC(C)C)NCCOc1ccc(C)cc1. The van der Waals surface area contributed by atoms with Crippen LogP contribution in [0.4, 0.5) is 0 Å². The molecule has 0 amide bonds. The molecule has 20 heavy (non-hydrogen) atoms. The highest BCUT2D eigenvalue weighted by molar-refractivity contribution is 5.79. The molecule has 0 radical (unpaired) electrons. The average molecular weight is 277 g/mol. The Morgan fingerprint density at radius 2 is 1.90 bits per heavy atom. The van der Waals surface area contributed by atoms with E-state index in [1.807, 2.05) is 12.1 Å². The van der Waals surface area contributed by atoms with Gasteiger partial charge in [0.2, 0.25) is 0 Å². The van der Waals surface area contributed by atoms with Crippen molar-refractivity contribution in [3.63, 3.8) is 0 Å². The maximum absolute atomic E-state index is 5.67. The normalized spacial score (nSPS) is 11.6. The fourth-order valence-electron chi connectivity index (χ4n) is 1.59. The van der Waals surface area contributed by atoms with Crippen molar-refractivity contribution >= 4 is 5.96 Å². The molecular weight excluding hydrogens is 250 g/mol. The second-order valence-corrected chi connectivity index (χ2v) is 5.20. The van der Waals surface area contributed by atoms with Gasteiger partial charge in [0.25, 0.3) is 0 Å². The fourth-order valence-corrected chi connectivity index (χ4v) is 1.59. The summed E-state index contributed by atoms with van der Waals surface area (Å²) in [5.74, 6) is 2.32. The van der Waals surface area contributed by atoms with Crippen LogP contribution in [0, 0.1) is 12.8 Å². The molecule has 4 heteroatoms. The zero-order chi connectivity index (χ0) is 14.8. The van der Waals surface area contributed by atoms with E-state index in [9.17, 15) is 0 Å². The van der Waals surface area contributed by atoms with Gasteiger partial charge in [-0.2, -0.15) is 0 Å². The molecule has 0 fully saturated rings.